The van der Waals surface area contributed by atoms with Crippen molar-refractivity contribution in [3.63, 3.8) is 0 Å². The topological polar surface area (TPSA) is 54.9 Å². The minimum Gasteiger partial charge on any atom is -0.379 e. The Morgan fingerprint density at radius 3 is 2.65 bits per heavy atom. The van der Waals surface area contributed by atoms with Gasteiger partial charge in [0, 0.05) is 23.4 Å². The summed E-state index contributed by atoms with van der Waals surface area (Å²) in [6.45, 7) is 3.23. The van der Waals surface area contributed by atoms with Gasteiger partial charge in [-0.1, -0.05) is 48.0 Å². The Morgan fingerprint density at radius 1 is 1.26 bits per heavy atom. The minimum atomic E-state index is -0.327. The van der Waals surface area contributed by atoms with Gasteiger partial charge in [0.15, 0.2) is 6.04 Å². The number of hydrogen-bond donors (Lipinski definition) is 2. The van der Waals surface area contributed by atoms with Crippen molar-refractivity contribution in [3.05, 3.63) is 64.7 Å². The van der Waals surface area contributed by atoms with E-state index in [0.29, 0.717) is 23.9 Å². The zero-order chi connectivity index (χ0) is 16.7. The lowest BCUT2D eigenvalue weighted by molar-refractivity contribution is -0.683. The average Bonchev–Trinajstić information content (AvgIpc) is 2.56. The maximum atomic E-state index is 12.7. The largest absolute Gasteiger partial charge is 0.379 e. The van der Waals surface area contributed by atoms with Crippen LogP contribution >= 0.6 is 11.6 Å². The third-order valence-electron chi connectivity index (χ3n) is 3.60. The first-order valence-electron chi connectivity index (χ1n) is 7.56. The van der Waals surface area contributed by atoms with Gasteiger partial charge in [0.05, 0.1) is 6.61 Å². The summed E-state index contributed by atoms with van der Waals surface area (Å²) in [7, 11) is 1.65. The summed E-state index contributed by atoms with van der Waals surface area (Å²) in [5.41, 5.74) is 2.64. The number of hydrogen-bond acceptors (Lipinski definition) is 2. The van der Waals surface area contributed by atoms with Crippen LogP contribution in [0.25, 0.3) is 0 Å². The number of anilines is 1. The molecule has 0 aromatic heterocycles. The minimum absolute atomic E-state index is 0.0766. The van der Waals surface area contributed by atoms with Crippen molar-refractivity contribution >= 4 is 23.2 Å². The molecule has 0 saturated heterocycles. The molecule has 1 amide bonds. The Labute approximate surface area is 141 Å². The molecule has 4 nitrogen and oxygen atoms in total. The number of amides is 1. The highest BCUT2D eigenvalue weighted by atomic mass is 35.5. The van der Waals surface area contributed by atoms with Crippen LogP contribution in [0, 0.1) is 6.92 Å². The van der Waals surface area contributed by atoms with E-state index in [1.54, 1.807) is 13.2 Å². The van der Waals surface area contributed by atoms with Gasteiger partial charge in [0.25, 0.3) is 5.91 Å². The number of nitrogens with two attached hydrogens (primary N) is 1. The number of nitrogens with one attached hydrogen (secondary N) is 1. The van der Waals surface area contributed by atoms with Crippen molar-refractivity contribution in [1.82, 2.24) is 0 Å². The summed E-state index contributed by atoms with van der Waals surface area (Å²) in [5.74, 6) is -0.0766. The predicted octanol–water partition coefficient (Wildman–Crippen LogP) is 2.54. The molecule has 2 aromatic carbocycles. The SMILES string of the molecule is COCC[NH2+][C@@H](C(=O)Nc1ccc(C)c(Cl)c1)c1ccccc1. The summed E-state index contributed by atoms with van der Waals surface area (Å²) in [6, 6.07) is 14.9. The molecule has 0 heterocycles. The van der Waals surface area contributed by atoms with Gasteiger partial charge in [0.2, 0.25) is 0 Å². The Balaban J connectivity index is 2.13. The van der Waals surface area contributed by atoms with Gasteiger partial charge in [-0.25, -0.2) is 0 Å². The highest BCUT2D eigenvalue weighted by Gasteiger charge is 2.23. The van der Waals surface area contributed by atoms with E-state index in [-0.39, 0.29) is 11.9 Å². The van der Waals surface area contributed by atoms with E-state index in [1.165, 1.54) is 0 Å². The lowest BCUT2D eigenvalue weighted by Gasteiger charge is -2.16. The third kappa shape index (κ3) is 5.06. The van der Waals surface area contributed by atoms with Crippen molar-refractivity contribution in [3.8, 4) is 0 Å². The number of rotatable bonds is 7. The van der Waals surface area contributed by atoms with Crippen molar-refractivity contribution < 1.29 is 14.8 Å². The Kier molecular flexibility index (Phi) is 6.59. The number of ether oxygens (including phenoxy) is 1. The van der Waals surface area contributed by atoms with Crippen LogP contribution < -0.4 is 10.6 Å². The molecule has 0 bridgehead atoms. The van der Waals surface area contributed by atoms with Gasteiger partial charge in [-0.05, 0) is 24.6 Å². The molecule has 0 aliphatic rings. The zero-order valence-corrected chi connectivity index (χ0v) is 14.1. The van der Waals surface area contributed by atoms with Crippen molar-refractivity contribution in [2.24, 2.45) is 0 Å². The second-order valence-corrected chi connectivity index (χ2v) is 5.77. The third-order valence-corrected chi connectivity index (χ3v) is 4.01. The zero-order valence-electron chi connectivity index (χ0n) is 13.4. The highest BCUT2D eigenvalue weighted by Crippen LogP contribution is 2.21. The van der Waals surface area contributed by atoms with Crippen LogP contribution in [0.4, 0.5) is 5.69 Å². The van der Waals surface area contributed by atoms with E-state index in [9.17, 15) is 4.79 Å². The first-order valence-corrected chi connectivity index (χ1v) is 7.94. The van der Waals surface area contributed by atoms with Gasteiger partial charge >= 0.3 is 0 Å². The molecule has 23 heavy (non-hydrogen) atoms. The Morgan fingerprint density at radius 2 is 2.00 bits per heavy atom. The fourth-order valence-corrected chi connectivity index (χ4v) is 2.48. The van der Waals surface area contributed by atoms with Crippen LogP contribution in [0.2, 0.25) is 5.02 Å². The Hall–Kier alpha value is -1.88. The van der Waals surface area contributed by atoms with E-state index in [2.05, 4.69) is 5.32 Å². The van der Waals surface area contributed by atoms with Crippen molar-refractivity contribution in [2.45, 2.75) is 13.0 Å². The fourth-order valence-electron chi connectivity index (χ4n) is 2.30. The fraction of sp³-hybridized carbons (Fsp3) is 0.278. The summed E-state index contributed by atoms with van der Waals surface area (Å²) < 4.78 is 5.07. The van der Waals surface area contributed by atoms with E-state index in [1.807, 2.05) is 54.7 Å². The van der Waals surface area contributed by atoms with Gasteiger partial charge < -0.3 is 15.4 Å². The van der Waals surface area contributed by atoms with Crippen LogP contribution in [0.15, 0.2) is 48.5 Å². The monoisotopic (exact) mass is 333 g/mol. The lowest BCUT2D eigenvalue weighted by Crippen LogP contribution is -2.88. The maximum Gasteiger partial charge on any atom is 0.287 e. The standard InChI is InChI=1S/C18H21ClN2O2/c1-13-8-9-15(12-16(13)19)21-18(22)17(20-10-11-23-2)14-6-4-3-5-7-14/h3-9,12,17,20H,10-11H2,1-2H3,(H,21,22)/p+1/t17-/m1/s1. The molecule has 2 aromatic rings. The van der Waals surface area contributed by atoms with Crippen molar-refractivity contribution in [1.29, 1.82) is 0 Å². The number of carbonyl (C=O) groups excluding carboxylic acids is 1. The molecule has 122 valence electrons. The van der Waals surface area contributed by atoms with E-state index < -0.39 is 0 Å². The Bertz CT molecular complexity index is 647. The molecule has 0 fully saturated rings. The number of benzene rings is 2. The number of methoxy groups -OCH3 is 1. The molecule has 0 aliphatic heterocycles. The van der Waals surface area contributed by atoms with Gasteiger partial charge in [-0.3, -0.25) is 4.79 Å². The highest BCUT2D eigenvalue weighted by molar-refractivity contribution is 6.31. The van der Waals surface area contributed by atoms with Gasteiger partial charge in [-0.2, -0.15) is 0 Å². The molecule has 1 atom stereocenters. The van der Waals surface area contributed by atoms with Crippen LogP contribution in [0.1, 0.15) is 17.2 Å². The van der Waals surface area contributed by atoms with E-state index in [4.69, 9.17) is 16.3 Å². The quantitative estimate of drug-likeness (QED) is 0.765. The van der Waals surface area contributed by atoms with Crippen LogP contribution in [0.5, 0.6) is 0 Å². The number of aryl methyl sites for hydroxylation is 1. The average molecular weight is 334 g/mol. The molecule has 0 spiro atoms. The van der Waals surface area contributed by atoms with E-state index >= 15 is 0 Å². The predicted molar refractivity (Wildman–Crippen MR) is 92.7 cm³/mol. The summed E-state index contributed by atoms with van der Waals surface area (Å²) in [4.78, 5) is 12.7. The number of halogens is 1. The van der Waals surface area contributed by atoms with E-state index in [0.717, 1.165) is 11.1 Å². The van der Waals surface area contributed by atoms with Crippen LogP contribution in [-0.2, 0) is 9.53 Å². The summed E-state index contributed by atoms with van der Waals surface area (Å²) in [5, 5.41) is 5.56. The molecule has 0 unspecified atom stereocenters. The maximum absolute atomic E-state index is 12.7. The second kappa shape index (κ2) is 8.67. The molecule has 0 radical (unpaired) electrons. The lowest BCUT2D eigenvalue weighted by atomic mass is 10.1. The molecule has 5 heteroatoms. The van der Waals surface area contributed by atoms with Crippen LogP contribution in [-0.4, -0.2) is 26.2 Å². The van der Waals surface area contributed by atoms with Crippen LogP contribution in [0.3, 0.4) is 0 Å². The molecule has 3 N–H and O–H groups in total. The second-order valence-electron chi connectivity index (χ2n) is 5.36. The number of quaternary nitrogens is 1. The smallest absolute Gasteiger partial charge is 0.287 e. The molecular formula is C18H22ClN2O2+. The van der Waals surface area contributed by atoms with Gasteiger partial charge in [-0.15, -0.1) is 0 Å². The molecule has 0 saturated carbocycles. The first-order chi connectivity index (χ1) is 11.1. The molecule has 0 aliphatic carbocycles. The first kappa shape index (κ1) is 17.5. The normalized spacial score (nSPS) is 12.0. The summed E-state index contributed by atoms with van der Waals surface area (Å²) >= 11 is 6.12. The number of carbonyl (C=O) groups is 1. The summed E-state index contributed by atoms with van der Waals surface area (Å²) in [6.07, 6.45) is 0. The van der Waals surface area contributed by atoms with Gasteiger partial charge in [0.1, 0.15) is 6.54 Å². The molecule has 2 rings (SSSR count). The van der Waals surface area contributed by atoms with Crippen molar-refractivity contribution in [2.75, 3.05) is 25.6 Å². The molecular weight excluding hydrogens is 312 g/mol.